The largest absolute Gasteiger partial charge is 0.397 e. The fourth-order valence-electron chi connectivity index (χ4n) is 1.79. The molecule has 0 spiro atoms. The number of amides is 1. The van der Waals surface area contributed by atoms with Crippen molar-refractivity contribution < 1.29 is 9.53 Å². The van der Waals surface area contributed by atoms with E-state index in [4.69, 9.17) is 16.2 Å². The van der Waals surface area contributed by atoms with E-state index in [0.29, 0.717) is 17.2 Å². The van der Waals surface area contributed by atoms with E-state index in [1.165, 1.54) is 11.3 Å². The van der Waals surface area contributed by atoms with Crippen LogP contribution in [0.3, 0.4) is 0 Å². The number of ether oxygens (including phenoxy) is 1. The first-order valence-corrected chi connectivity index (χ1v) is 5.83. The normalized spacial score (nSPS) is 10.9. The van der Waals surface area contributed by atoms with Crippen LogP contribution in [0.4, 0.5) is 5.69 Å². The van der Waals surface area contributed by atoms with Crippen LogP contribution >= 0.6 is 11.3 Å². The topological polar surface area (TPSA) is 91.2 Å². The molecule has 90 valence electrons. The van der Waals surface area contributed by atoms with E-state index in [2.05, 4.69) is 4.98 Å². The van der Waals surface area contributed by atoms with Gasteiger partial charge in [0.1, 0.15) is 9.71 Å². The average Bonchev–Trinajstić information content (AvgIpc) is 2.56. The molecule has 2 aromatic rings. The number of hydrogen-bond donors (Lipinski definition) is 2. The van der Waals surface area contributed by atoms with Gasteiger partial charge in [0.2, 0.25) is 0 Å². The first-order chi connectivity index (χ1) is 8.04. The van der Waals surface area contributed by atoms with Crippen LogP contribution in [0.2, 0.25) is 0 Å². The Morgan fingerprint density at radius 1 is 1.59 bits per heavy atom. The number of methoxy groups -OCH3 is 1. The molecule has 0 aliphatic heterocycles. The molecule has 0 aliphatic carbocycles. The molecule has 2 aromatic heterocycles. The Morgan fingerprint density at radius 2 is 2.29 bits per heavy atom. The third-order valence-corrected chi connectivity index (χ3v) is 3.55. The van der Waals surface area contributed by atoms with Crippen molar-refractivity contribution in [2.24, 2.45) is 5.73 Å². The van der Waals surface area contributed by atoms with Crippen molar-refractivity contribution in [3.8, 4) is 0 Å². The number of carbonyl (C=O) groups is 1. The molecule has 0 radical (unpaired) electrons. The number of aryl methyl sites for hydroxylation is 1. The zero-order valence-electron chi connectivity index (χ0n) is 9.61. The van der Waals surface area contributed by atoms with Crippen molar-refractivity contribution in [1.82, 2.24) is 4.98 Å². The van der Waals surface area contributed by atoms with Crippen LogP contribution in [0.5, 0.6) is 0 Å². The van der Waals surface area contributed by atoms with E-state index in [-0.39, 0.29) is 0 Å². The van der Waals surface area contributed by atoms with Crippen LogP contribution in [-0.2, 0) is 11.3 Å². The lowest BCUT2D eigenvalue weighted by Crippen LogP contribution is -2.10. The minimum atomic E-state index is -0.522. The molecule has 5 nitrogen and oxygen atoms in total. The molecule has 4 N–H and O–H groups in total. The Kier molecular flexibility index (Phi) is 2.99. The van der Waals surface area contributed by atoms with Crippen LogP contribution in [0.1, 0.15) is 20.9 Å². The lowest BCUT2D eigenvalue weighted by molar-refractivity contribution is 0.100. The van der Waals surface area contributed by atoms with Crippen LogP contribution in [0.25, 0.3) is 10.2 Å². The van der Waals surface area contributed by atoms with Crippen molar-refractivity contribution in [3.63, 3.8) is 0 Å². The summed E-state index contributed by atoms with van der Waals surface area (Å²) in [5.74, 6) is -0.522. The van der Waals surface area contributed by atoms with Gasteiger partial charge in [-0.1, -0.05) is 0 Å². The second kappa shape index (κ2) is 4.31. The maximum Gasteiger partial charge on any atom is 0.260 e. The number of hydrogen-bond acceptors (Lipinski definition) is 5. The zero-order chi connectivity index (χ0) is 12.6. The molecule has 0 aromatic carbocycles. The number of nitrogens with zero attached hydrogens (tertiary/aromatic N) is 1. The molecule has 2 heterocycles. The second-order valence-corrected chi connectivity index (χ2v) is 4.74. The standard InChI is InChI=1S/C11H13N3O2S/c1-5-3-6(4-16-2)7-8(12)9(10(13)15)17-11(7)14-5/h3H,4,12H2,1-2H3,(H2,13,15). The van der Waals surface area contributed by atoms with E-state index in [1.54, 1.807) is 7.11 Å². The maximum atomic E-state index is 11.2. The highest BCUT2D eigenvalue weighted by Gasteiger charge is 2.17. The van der Waals surface area contributed by atoms with Gasteiger partial charge in [-0.25, -0.2) is 4.98 Å². The molecule has 2 rings (SSSR count). The van der Waals surface area contributed by atoms with Gasteiger partial charge in [0.15, 0.2) is 0 Å². The monoisotopic (exact) mass is 251 g/mol. The fraction of sp³-hybridized carbons (Fsp3) is 0.273. The zero-order valence-corrected chi connectivity index (χ0v) is 10.4. The summed E-state index contributed by atoms with van der Waals surface area (Å²) in [6.45, 7) is 2.32. The lowest BCUT2D eigenvalue weighted by atomic mass is 10.1. The van der Waals surface area contributed by atoms with E-state index in [9.17, 15) is 4.79 Å². The lowest BCUT2D eigenvalue weighted by Gasteiger charge is -2.04. The molecule has 0 saturated carbocycles. The number of rotatable bonds is 3. The molecule has 1 amide bonds. The first-order valence-electron chi connectivity index (χ1n) is 5.01. The highest BCUT2D eigenvalue weighted by atomic mass is 32.1. The Hall–Kier alpha value is -1.66. The second-order valence-electron chi connectivity index (χ2n) is 3.75. The van der Waals surface area contributed by atoms with Gasteiger partial charge in [0.25, 0.3) is 5.91 Å². The van der Waals surface area contributed by atoms with Crippen molar-refractivity contribution in [2.45, 2.75) is 13.5 Å². The fourth-order valence-corrected chi connectivity index (χ4v) is 2.83. The number of nitrogen functional groups attached to an aromatic ring is 1. The summed E-state index contributed by atoms with van der Waals surface area (Å²) in [5, 5.41) is 0.774. The highest BCUT2D eigenvalue weighted by molar-refractivity contribution is 7.21. The molecule has 6 heteroatoms. The Bertz CT molecular complexity index is 592. The first kappa shape index (κ1) is 11.8. The predicted molar refractivity (Wildman–Crippen MR) is 68.0 cm³/mol. The summed E-state index contributed by atoms with van der Waals surface area (Å²) in [4.78, 5) is 16.7. The molecule has 0 unspecified atom stereocenters. The molecule has 0 atom stereocenters. The Balaban J connectivity index is 2.77. The van der Waals surface area contributed by atoms with Gasteiger partial charge >= 0.3 is 0 Å². The highest BCUT2D eigenvalue weighted by Crippen LogP contribution is 2.35. The summed E-state index contributed by atoms with van der Waals surface area (Å²) in [6, 6.07) is 1.90. The van der Waals surface area contributed by atoms with Gasteiger partial charge in [-0.05, 0) is 18.6 Å². The quantitative estimate of drug-likeness (QED) is 0.863. The van der Waals surface area contributed by atoms with Crippen LogP contribution in [0, 0.1) is 6.92 Å². The summed E-state index contributed by atoms with van der Waals surface area (Å²) < 4.78 is 5.12. The third-order valence-electron chi connectivity index (χ3n) is 2.43. The minimum absolute atomic E-state index is 0.357. The molecule has 0 fully saturated rings. The Morgan fingerprint density at radius 3 is 2.88 bits per heavy atom. The number of primary amides is 1. The summed E-state index contributed by atoms with van der Waals surface area (Å²) in [5.41, 5.74) is 13.4. The van der Waals surface area contributed by atoms with Gasteiger partial charge in [0, 0.05) is 18.2 Å². The summed E-state index contributed by atoms with van der Waals surface area (Å²) in [6.07, 6.45) is 0. The molecule has 0 bridgehead atoms. The Labute approximate surface area is 102 Å². The van der Waals surface area contributed by atoms with Crippen LogP contribution in [0.15, 0.2) is 6.07 Å². The number of anilines is 1. The van der Waals surface area contributed by atoms with E-state index >= 15 is 0 Å². The molecule has 0 aliphatic rings. The number of aromatic nitrogens is 1. The van der Waals surface area contributed by atoms with Crippen molar-refractivity contribution in [2.75, 3.05) is 12.8 Å². The molecule has 0 saturated heterocycles. The third kappa shape index (κ3) is 1.96. The van der Waals surface area contributed by atoms with Gasteiger partial charge in [-0.2, -0.15) is 0 Å². The van der Waals surface area contributed by atoms with E-state index in [0.717, 1.165) is 21.5 Å². The van der Waals surface area contributed by atoms with Crippen molar-refractivity contribution >= 4 is 33.1 Å². The van der Waals surface area contributed by atoms with Gasteiger partial charge in [-0.15, -0.1) is 11.3 Å². The molecular formula is C11H13N3O2S. The number of nitrogens with two attached hydrogens (primary N) is 2. The summed E-state index contributed by atoms with van der Waals surface area (Å²) in [7, 11) is 1.61. The number of fused-ring (bicyclic) bond motifs is 1. The molecule has 17 heavy (non-hydrogen) atoms. The van der Waals surface area contributed by atoms with Gasteiger partial charge in [-0.3, -0.25) is 4.79 Å². The summed E-state index contributed by atoms with van der Waals surface area (Å²) >= 11 is 1.22. The SMILES string of the molecule is COCc1cc(C)nc2sc(C(N)=O)c(N)c12. The van der Waals surface area contributed by atoms with E-state index in [1.807, 2.05) is 13.0 Å². The van der Waals surface area contributed by atoms with Crippen LogP contribution < -0.4 is 11.5 Å². The number of pyridine rings is 1. The number of carbonyl (C=O) groups excluding carboxylic acids is 1. The van der Waals surface area contributed by atoms with Gasteiger partial charge in [0.05, 0.1) is 12.3 Å². The van der Waals surface area contributed by atoms with Crippen molar-refractivity contribution in [1.29, 1.82) is 0 Å². The predicted octanol–water partition coefficient (Wildman–Crippen LogP) is 1.43. The van der Waals surface area contributed by atoms with Gasteiger partial charge < -0.3 is 16.2 Å². The number of thiophene rings is 1. The minimum Gasteiger partial charge on any atom is -0.397 e. The molecular weight excluding hydrogens is 238 g/mol. The van der Waals surface area contributed by atoms with E-state index < -0.39 is 5.91 Å². The smallest absolute Gasteiger partial charge is 0.260 e. The average molecular weight is 251 g/mol. The van der Waals surface area contributed by atoms with Crippen molar-refractivity contribution in [3.05, 3.63) is 22.2 Å². The maximum absolute atomic E-state index is 11.2. The van der Waals surface area contributed by atoms with Crippen LogP contribution in [-0.4, -0.2) is 18.0 Å².